The molecule has 44 heavy (non-hydrogen) atoms. The van der Waals surface area contributed by atoms with Crippen molar-refractivity contribution in [3.63, 3.8) is 0 Å². The van der Waals surface area contributed by atoms with Gasteiger partial charge < -0.3 is 28.9 Å². The molecule has 5 atom stereocenters. The zero-order valence-electron chi connectivity index (χ0n) is 27.5. The number of alkyl carbamates (subject to hydrolysis) is 1. The van der Waals surface area contributed by atoms with Crippen LogP contribution in [-0.4, -0.2) is 54.4 Å². The molecule has 9 nitrogen and oxygen atoms in total. The number of carbonyl (C=O) groups excluding carboxylic acids is 1. The van der Waals surface area contributed by atoms with Crippen LogP contribution >= 0.6 is 0 Å². The molecule has 1 amide bonds. The van der Waals surface area contributed by atoms with E-state index in [1.165, 1.54) is 0 Å². The average Bonchev–Trinajstić information content (AvgIpc) is 3.44. The van der Waals surface area contributed by atoms with Gasteiger partial charge >= 0.3 is 6.09 Å². The lowest BCUT2D eigenvalue weighted by Gasteiger charge is -2.38. The van der Waals surface area contributed by atoms with Gasteiger partial charge in [0.2, 0.25) is 0 Å². The van der Waals surface area contributed by atoms with Gasteiger partial charge in [-0.2, -0.15) is 0 Å². The number of aromatic nitrogens is 3. The van der Waals surface area contributed by atoms with E-state index in [0.717, 1.165) is 41.9 Å². The Labute approximate surface area is 262 Å². The maximum absolute atomic E-state index is 12.7. The van der Waals surface area contributed by atoms with E-state index in [4.69, 9.17) is 13.7 Å². The van der Waals surface area contributed by atoms with Gasteiger partial charge in [-0.05, 0) is 95.0 Å². The molecule has 1 aliphatic heterocycles. The molecule has 2 aliphatic rings. The van der Waals surface area contributed by atoms with Crippen LogP contribution in [0.25, 0.3) is 11.3 Å². The number of imidazole rings is 1. The monoisotopic (exact) mass is 617 g/mol. The lowest BCUT2D eigenvalue weighted by atomic mass is 10.1. The minimum atomic E-state index is -2.07. The fourth-order valence-electron chi connectivity index (χ4n) is 5.51. The zero-order chi connectivity index (χ0) is 31.9. The van der Waals surface area contributed by atoms with Crippen molar-refractivity contribution in [1.82, 2.24) is 25.3 Å². The first-order valence-electron chi connectivity index (χ1n) is 15.6. The Morgan fingerprint density at radius 1 is 1.16 bits per heavy atom. The molecular formula is C34H47N5O4Si. The summed E-state index contributed by atoms with van der Waals surface area (Å²) in [5.74, 6) is 10.2. The van der Waals surface area contributed by atoms with Crippen LogP contribution in [0.15, 0.2) is 47.2 Å². The van der Waals surface area contributed by atoms with Gasteiger partial charge in [-0.25, -0.2) is 9.78 Å². The maximum Gasteiger partial charge on any atom is 0.407 e. The summed E-state index contributed by atoms with van der Waals surface area (Å²) in [6.07, 6.45) is 2.89. The largest absolute Gasteiger partial charge is 0.444 e. The van der Waals surface area contributed by atoms with Crippen LogP contribution in [0.5, 0.6) is 0 Å². The van der Waals surface area contributed by atoms with Gasteiger partial charge in [-0.15, -0.1) is 0 Å². The van der Waals surface area contributed by atoms with Gasteiger partial charge in [0.25, 0.3) is 0 Å². The first-order valence-corrected chi connectivity index (χ1v) is 18.5. The van der Waals surface area contributed by atoms with E-state index in [9.17, 15) is 4.79 Å². The molecule has 1 saturated heterocycles. The molecule has 1 unspecified atom stereocenters. The van der Waals surface area contributed by atoms with Crippen LogP contribution in [0.3, 0.4) is 0 Å². The van der Waals surface area contributed by atoms with Crippen molar-refractivity contribution in [2.75, 3.05) is 19.6 Å². The van der Waals surface area contributed by atoms with E-state index in [1.54, 1.807) is 6.20 Å². The number of piperidine rings is 1. The van der Waals surface area contributed by atoms with Gasteiger partial charge in [0.15, 0.2) is 14.1 Å². The summed E-state index contributed by atoms with van der Waals surface area (Å²) in [6.45, 7) is 21.1. The fraction of sp³-hybridized carbons (Fsp3) is 0.559. The van der Waals surface area contributed by atoms with E-state index in [2.05, 4.69) is 66.5 Å². The number of ether oxygens (including phenoxy) is 1. The molecule has 1 aliphatic carbocycles. The van der Waals surface area contributed by atoms with Crippen molar-refractivity contribution < 1.29 is 18.5 Å². The lowest BCUT2D eigenvalue weighted by Crippen LogP contribution is -2.42. The molecule has 2 fully saturated rings. The van der Waals surface area contributed by atoms with Crippen LogP contribution in [0.1, 0.15) is 77.7 Å². The molecule has 3 heterocycles. The number of hydrogen-bond donors (Lipinski definition) is 2. The maximum atomic E-state index is 12.7. The molecule has 236 valence electrons. The SMILES string of the molecule is C[C@H](O[Si](C)(C)C(C)(C)C)c1nccn1[C@H](CNC(=O)OC(C)(C)C)c1cc(-c2ccc(C#CC3[C@H]4CNC[C@@H]34)cc2)on1. The minimum Gasteiger partial charge on any atom is -0.444 e. The van der Waals surface area contributed by atoms with Crippen LogP contribution in [0, 0.1) is 29.6 Å². The van der Waals surface area contributed by atoms with Gasteiger partial charge in [-0.1, -0.05) is 37.8 Å². The summed E-state index contributed by atoms with van der Waals surface area (Å²) in [6, 6.07) is 9.58. The Kier molecular flexibility index (Phi) is 8.87. The zero-order valence-corrected chi connectivity index (χ0v) is 28.5. The topological polar surface area (TPSA) is 103 Å². The molecule has 1 saturated carbocycles. The van der Waals surface area contributed by atoms with E-state index in [1.807, 2.05) is 68.8 Å². The molecule has 2 N–H and O–H groups in total. The highest BCUT2D eigenvalue weighted by atomic mass is 28.4. The molecule has 0 radical (unpaired) electrons. The van der Waals surface area contributed by atoms with Gasteiger partial charge in [-0.3, -0.25) is 0 Å². The second-order valence-corrected chi connectivity index (χ2v) is 19.3. The highest BCUT2D eigenvalue weighted by Crippen LogP contribution is 2.48. The Balaban J connectivity index is 1.37. The summed E-state index contributed by atoms with van der Waals surface area (Å²) >= 11 is 0. The average molecular weight is 618 g/mol. The van der Waals surface area contributed by atoms with E-state index < -0.39 is 26.1 Å². The summed E-state index contributed by atoms with van der Waals surface area (Å²) in [7, 11) is -2.07. The van der Waals surface area contributed by atoms with Crippen molar-refractivity contribution in [3.8, 4) is 23.2 Å². The number of amides is 1. The van der Waals surface area contributed by atoms with Crippen molar-refractivity contribution in [1.29, 1.82) is 0 Å². The first kappa shape index (κ1) is 32.0. The highest BCUT2D eigenvalue weighted by molar-refractivity contribution is 6.74. The van der Waals surface area contributed by atoms with Gasteiger partial charge in [0.1, 0.15) is 23.2 Å². The predicted octanol–water partition coefficient (Wildman–Crippen LogP) is 6.55. The third kappa shape index (κ3) is 7.28. The fourth-order valence-corrected chi connectivity index (χ4v) is 6.86. The summed E-state index contributed by atoms with van der Waals surface area (Å²) in [5.41, 5.74) is 1.94. The molecular weight excluding hydrogens is 570 g/mol. The highest BCUT2D eigenvalue weighted by Gasteiger charge is 2.51. The number of benzene rings is 1. The third-order valence-corrected chi connectivity index (χ3v) is 13.6. The number of hydrogen-bond acceptors (Lipinski definition) is 7. The van der Waals surface area contributed by atoms with E-state index >= 15 is 0 Å². The number of rotatable bonds is 8. The van der Waals surface area contributed by atoms with E-state index in [0.29, 0.717) is 17.4 Å². The second kappa shape index (κ2) is 12.2. The number of carbonyl (C=O) groups is 1. The molecule has 0 bridgehead atoms. The standard InChI is InChI=1S/C34H47N5O4Si/c1-22(43-44(8,9)34(5,6)7)31-36-16-17-39(31)29(21-37-32(40)41-33(2,3)4)28-18-30(42-38-28)24-13-10-23(11-14-24)12-15-25-26-19-35-20-27(25)26/h10-11,13-14,16-18,22,25-27,29,35H,19-21H2,1-9H3,(H,37,40)/t22-,25?,26-,27+,29+/m0/s1. The Morgan fingerprint density at radius 2 is 1.84 bits per heavy atom. The molecule has 10 heteroatoms. The van der Waals surface area contributed by atoms with Crippen molar-refractivity contribution in [3.05, 3.63) is 59.8 Å². The normalized spacial score (nSPS) is 21.2. The summed E-state index contributed by atoms with van der Waals surface area (Å²) < 4.78 is 20.1. The summed E-state index contributed by atoms with van der Waals surface area (Å²) in [5, 5.41) is 10.8. The van der Waals surface area contributed by atoms with Crippen molar-refractivity contribution >= 4 is 14.4 Å². The first-order chi connectivity index (χ1) is 20.6. The Bertz CT molecular complexity index is 1510. The van der Waals surface area contributed by atoms with Crippen LogP contribution in [0.2, 0.25) is 18.1 Å². The van der Waals surface area contributed by atoms with Gasteiger partial charge in [0.05, 0.1) is 6.04 Å². The molecule has 2 aromatic heterocycles. The lowest BCUT2D eigenvalue weighted by molar-refractivity contribution is 0.0521. The molecule has 1 aromatic carbocycles. The second-order valence-electron chi connectivity index (χ2n) is 14.6. The molecule has 3 aromatic rings. The smallest absolute Gasteiger partial charge is 0.407 e. The van der Waals surface area contributed by atoms with Crippen molar-refractivity contribution in [2.24, 2.45) is 17.8 Å². The predicted molar refractivity (Wildman–Crippen MR) is 173 cm³/mol. The van der Waals surface area contributed by atoms with Gasteiger partial charge in [0, 0.05) is 42.0 Å². The number of nitrogens with zero attached hydrogens (tertiary/aromatic N) is 3. The molecule has 5 rings (SSSR count). The number of fused-ring (bicyclic) bond motifs is 1. The van der Waals surface area contributed by atoms with Crippen LogP contribution < -0.4 is 10.6 Å². The minimum absolute atomic E-state index is 0.0485. The number of nitrogens with one attached hydrogen (secondary N) is 2. The quantitative estimate of drug-likeness (QED) is 0.218. The Morgan fingerprint density at radius 3 is 2.48 bits per heavy atom. The van der Waals surface area contributed by atoms with Crippen molar-refractivity contribution in [2.45, 2.75) is 84.3 Å². The van der Waals surface area contributed by atoms with Crippen LogP contribution in [-0.2, 0) is 9.16 Å². The van der Waals surface area contributed by atoms with E-state index in [-0.39, 0.29) is 17.7 Å². The van der Waals surface area contributed by atoms with Crippen LogP contribution in [0.4, 0.5) is 4.79 Å². The summed E-state index contributed by atoms with van der Waals surface area (Å²) in [4.78, 5) is 17.3. The Hall–Kier alpha value is -3.39. The molecule has 0 spiro atoms. The third-order valence-electron chi connectivity index (χ3n) is 9.03.